The van der Waals surface area contributed by atoms with Gasteiger partial charge in [0.05, 0.1) is 6.26 Å². The largest absolute Gasteiger partial charge is 0.461 e. The van der Waals surface area contributed by atoms with Crippen LogP contribution < -0.4 is 16.8 Å². The van der Waals surface area contributed by atoms with E-state index in [1.165, 1.54) is 10.6 Å². The van der Waals surface area contributed by atoms with Crippen molar-refractivity contribution in [3.8, 4) is 11.6 Å². The van der Waals surface area contributed by atoms with Crippen LogP contribution in [-0.2, 0) is 6.42 Å². The molecule has 31 heavy (non-hydrogen) atoms. The number of nitrogen functional groups attached to an aromatic ring is 2. The van der Waals surface area contributed by atoms with Gasteiger partial charge in [0.2, 0.25) is 11.8 Å². The average molecular weight is 442 g/mol. The minimum absolute atomic E-state index is 0.0518. The number of anilines is 2. The van der Waals surface area contributed by atoms with Gasteiger partial charge in [0.25, 0.3) is 0 Å². The summed E-state index contributed by atoms with van der Waals surface area (Å²) in [6.45, 7) is 0.870. The van der Waals surface area contributed by atoms with Gasteiger partial charge in [-0.15, -0.1) is 5.10 Å². The summed E-state index contributed by atoms with van der Waals surface area (Å²) in [7, 11) is 0. The highest BCUT2D eigenvalue weighted by Gasteiger charge is 2.33. The van der Waals surface area contributed by atoms with Crippen LogP contribution in [0.5, 0.6) is 0 Å². The van der Waals surface area contributed by atoms with E-state index in [-0.39, 0.29) is 29.5 Å². The highest BCUT2D eigenvalue weighted by atomic mass is 35.5. The Bertz CT molecular complexity index is 1210. The minimum Gasteiger partial charge on any atom is -0.461 e. The van der Waals surface area contributed by atoms with Crippen molar-refractivity contribution in [3.05, 3.63) is 58.6 Å². The predicted molar refractivity (Wildman–Crippen MR) is 116 cm³/mol. The Morgan fingerprint density at radius 2 is 2.13 bits per heavy atom. The van der Waals surface area contributed by atoms with E-state index in [4.69, 9.17) is 27.5 Å². The van der Waals surface area contributed by atoms with Crippen molar-refractivity contribution in [3.63, 3.8) is 0 Å². The van der Waals surface area contributed by atoms with E-state index in [9.17, 15) is 4.39 Å². The molecule has 2 unspecified atom stereocenters. The number of nitrogens with two attached hydrogens (primary N) is 2. The fraction of sp³-hybridized carbons (Fsp3) is 0.286. The Morgan fingerprint density at radius 3 is 2.84 bits per heavy atom. The van der Waals surface area contributed by atoms with Crippen LogP contribution in [-0.4, -0.2) is 32.2 Å². The molecule has 1 aromatic carbocycles. The van der Waals surface area contributed by atoms with E-state index in [1.807, 2.05) is 0 Å². The molecular formula is C21H21ClFN7O. The first-order chi connectivity index (χ1) is 15.0. The second-order valence-electron chi connectivity index (χ2n) is 7.63. The summed E-state index contributed by atoms with van der Waals surface area (Å²) in [4.78, 5) is 8.97. The molecular weight excluding hydrogens is 421 g/mol. The molecule has 10 heteroatoms. The Hall–Kier alpha value is -3.17. The Balaban J connectivity index is 1.69. The first-order valence-electron chi connectivity index (χ1n) is 10.0. The molecule has 1 aliphatic heterocycles. The summed E-state index contributed by atoms with van der Waals surface area (Å²) in [5.74, 6) is 0.637. The number of aromatic nitrogens is 4. The third-order valence-corrected chi connectivity index (χ3v) is 6.11. The summed E-state index contributed by atoms with van der Waals surface area (Å²) in [5, 5.41) is 8.33. The Morgan fingerprint density at radius 1 is 1.26 bits per heavy atom. The lowest BCUT2D eigenvalue weighted by atomic mass is 9.85. The molecule has 0 radical (unpaired) electrons. The van der Waals surface area contributed by atoms with Crippen molar-refractivity contribution >= 4 is 29.0 Å². The summed E-state index contributed by atoms with van der Waals surface area (Å²) >= 11 is 6.35. The molecule has 2 atom stereocenters. The third kappa shape index (κ3) is 3.49. The smallest absolute Gasteiger partial charge is 0.225 e. The Labute approximate surface area is 182 Å². The molecule has 4 aromatic rings. The summed E-state index contributed by atoms with van der Waals surface area (Å²) in [6, 6.07) is 8.25. The van der Waals surface area contributed by atoms with Gasteiger partial charge in [-0.25, -0.2) is 9.37 Å². The quantitative estimate of drug-likeness (QED) is 0.434. The van der Waals surface area contributed by atoms with Crippen LogP contribution >= 0.6 is 11.6 Å². The SMILES string of the molecule is Nc1nc(N)n2nc(-c3ccco3)nc2c1C(Cc1c(F)cccc1Cl)C1CCCN1. The van der Waals surface area contributed by atoms with Crippen LogP contribution in [0.3, 0.4) is 0 Å². The molecule has 0 aliphatic carbocycles. The van der Waals surface area contributed by atoms with Crippen LogP contribution in [0, 0.1) is 5.82 Å². The molecule has 5 N–H and O–H groups in total. The zero-order valence-corrected chi connectivity index (χ0v) is 17.3. The van der Waals surface area contributed by atoms with Crippen molar-refractivity contribution in [2.75, 3.05) is 18.0 Å². The molecule has 160 valence electrons. The fourth-order valence-electron chi connectivity index (χ4n) is 4.31. The number of nitrogens with one attached hydrogen (secondary N) is 1. The fourth-order valence-corrected chi connectivity index (χ4v) is 4.55. The molecule has 0 saturated carbocycles. The number of benzene rings is 1. The van der Waals surface area contributed by atoms with E-state index in [2.05, 4.69) is 20.4 Å². The molecule has 8 nitrogen and oxygen atoms in total. The van der Waals surface area contributed by atoms with Crippen LogP contribution in [0.1, 0.15) is 29.9 Å². The van der Waals surface area contributed by atoms with E-state index < -0.39 is 0 Å². The molecule has 1 fully saturated rings. The topological polar surface area (TPSA) is 120 Å². The number of fused-ring (bicyclic) bond motifs is 1. The van der Waals surface area contributed by atoms with E-state index in [1.54, 1.807) is 30.5 Å². The van der Waals surface area contributed by atoms with E-state index in [0.29, 0.717) is 39.8 Å². The third-order valence-electron chi connectivity index (χ3n) is 5.76. The zero-order chi connectivity index (χ0) is 21.5. The highest BCUT2D eigenvalue weighted by molar-refractivity contribution is 6.31. The maximum Gasteiger partial charge on any atom is 0.225 e. The van der Waals surface area contributed by atoms with Gasteiger partial charge >= 0.3 is 0 Å². The molecule has 3 aromatic heterocycles. The van der Waals surface area contributed by atoms with Gasteiger partial charge in [0, 0.05) is 28.1 Å². The van der Waals surface area contributed by atoms with E-state index in [0.717, 1.165) is 19.4 Å². The summed E-state index contributed by atoms with van der Waals surface area (Å²) in [5.41, 5.74) is 14.0. The number of halogens is 2. The average Bonchev–Trinajstić information content (AvgIpc) is 3.50. The number of hydrogen-bond donors (Lipinski definition) is 3. The van der Waals surface area contributed by atoms with E-state index >= 15 is 0 Å². The second-order valence-corrected chi connectivity index (χ2v) is 8.04. The van der Waals surface area contributed by atoms with Gasteiger partial charge in [-0.2, -0.15) is 9.50 Å². The normalized spacial score (nSPS) is 17.4. The monoisotopic (exact) mass is 441 g/mol. The Kier molecular flexibility index (Phi) is 4.99. The minimum atomic E-state index is -0.355. The molecule has 0 bridgehead atoms. The first-order valence-corrected chi connectivity index (χ1v) is 10.4. The maximum absolute atomic E-state index is 14.7. The molecule has 0 spiro atoms. The molecule has 0 amide bonds. The van der Waals surface area contributed by atoms with Crippen LogP contribution in [0.25, 0.3) is 17.2 Å². The van der Waals surface area contributed by atoms with Gasteiger partial charge in [0.15, 0.2) is 11.4 Å². The number of nitrogens with zero attached hydrogens (tertiary/aromatic N) is 4. The molecule has 5 rings (SSSR count). The highest BCUT2D eigenvalue weighted by Crippen LogP contribution is 2.37. The van der Waals surface area contributed by atoms with Gasteiger partial charge in [-0.3, -0.25) is 0 Å². The van der Waals surface area contributed by atoms with Crippen LogP contribution in [0.2, 0.25) is 5.02 Å². The van der Waals surface area contributed by atoms with Crippen LogP contribution in [0.15, 0.2) is 41.0 Å². The van der Waals surface area contributed by atoms with Crippen molar-refractivity contribution in [2.45, 2.75) is 31.2 Å². The summed E-state index contributed by atoms with van der Waals surface area (Å²) in [6.07, 6.45) is 3.79. The zero-order valence-electron chi connectivity index (χ0n) is 16.6. The van der Waals surface area contributed by atoms with Gasteiger partial charge < -0.3 is 21.2 Å². The van der Waals surface area contributed by atoms with Gasteiger partial charge in [-0.1, -0.05) is 17.7 Å². The number of hydrogen-bond acceptors (Lipinski definition) is 7. The lowest BCUT2D eigenvalue weighted by Crippen LogP contribution is -2.32. The second kappa shape index (κ2) is 7.82. The standard InChI is InChI=1S/C21H21ClFN7O/c22-13-4-1-5-14(23)11(13)10-12(15-6-2-8-26-15)17-18(24)27-21(25)30-20(17)28-19(29-30)16-7-3-9-31-16/h1,3-5,7,9,12,15,26H,2,6,8,10,24H2,(H2,25,27). The first kappa shape index (κ1) is 19.8. The maximum atomic E-state index is 14.7. The predicted octanol–water partition coefficient (Wildman–Crippen LogP) is 3.42. The number of furan rings is 1. The van der Waals surface area contributed by atoms with Crippen molar-refractivity contribution in [1.82, 2.24) is 24.9 Å². The van der Waals surface area contributed by atoms with Crippen molar-refractivity contribution in [1.29, 1.82) is 0 Å². The molecule has 4 heterocycles. The summed E-state index contributed by atoms with van der Waals surface area (Å²) < 4.78 is 21.6. The lowest BCUT2D eigenvalue weighted by Gasteiger charge is -2.26. The van der Waals surface area contributed by atoms with Crippen molar-refractivity contribution in [2.24, 2.45) is 0 Å². The molecule has 1 aliphatic rings. The van der Waals surface area contributed by atoms with Gasteiger partial charge in [0.1, 0.15) is 11.6 Å². The van der Waals surface area contributed by atoms with Crippen LogP contribution in [0.4, 0.5) is 16.2 Å². The van der Waals surface area contributed by atoms with Crippen molar-refractivity contribution < 1.29 is 8.81 Å². The molecule has 1 saturated heterocycles. The lowest BCUT2D eigenvalue weighted by molar-refractivity contribution is 0.477. The van der Waals surface area contributed by atoms with Gasteiger partial charge in [-0.05, 0) is 50.1 Å². The number of rotatable bonds is 5.